The van der Waals surface area contributed by atoms with E-state index in [9.17, 15) is 4.79 Å². The van der Waals surface area contributed by atoms with Gasteiger partial charge >= 0.3 is 0 Å². The summed E-state index contributed by atoms with van der Waals surface area (Å²) in [6.45, 7) is 4.75. The van der Waals surface area contributed by atoms with Crippen LogP contribution in [0.5, 0.6) is 0 Å². The van der Waals surface area contributed by atoms with E-state index >= 15 is 0 Å². The Morgan fingerprint density at radius 1 is 1.16 bits per heavy atom. The molecule has 1 amide bonds. The predicted molar refractivity (Wildman–Crippen MR) is 84.9 cm³/mol. The first-order valence-electron chi connectivity index (χ1n) is 6.54. The van der Waals surface area contributed by atoms with Crippen molar-refractivity contribution >= 4 is 37.8 Å². The van der Waals surface area contributed by atoms with E-state index in [-0.39, 0.29) is 5.91 Å². The Hall–Kier alpha value is -0.390. The summed E-state index contributed by atoms with van der Waals surface area (Å²) in [7, 11) is 0. The van der Waals surface area contributed by atoms with Crippen molar-refractivity contribution < 1.29 is 4.79 Å². The van der Waals surface area contributed by atoms with E-state index < -0.39 is 0 Å². The van der Waals surface area contributed by atoms with Crippen molar-refractivity contribution in [1.29, 1.82) is 0 Å². The summed E-state index contributed by atoms with van der Waals surface area (Å²) < 4.78 is 0.876. The van der Waals surface area contributed by atoms with E-state index in [4.69, 9.17) is 0 Å². The third-order valence-electron chi connectivity index (χ3n) is 3.38. The number of hydrogen-bond donors (Lipinski definition) is 0. The van der Waals surface area contributed by atoms with Crippen LogP contribution in [0, 0.1) is 0 Å². The van der Waals surface area contributed by atoms with Gasteiger partial charge < -0.3 is 9.80 Å². The van der Waals surface area contributed by atoms with Crippen LogP contribution in [-0.4, -0.2) is 53.8 Å². The van der Waals surface area contributed by atoms with Gasteiger partial charge in [-0.05, 0) is 41.0 Å². The van der Waals surface area contributed by atoms with Crippen LogP contribution in [0.4, 0.5) is 0 Å². The van der Waals surface area contributed by atoms with Crippen molar-refractivity contribution in [3.05, 3.63) is 34.3 Å². The molecule has 1 aliphatic heterocycles. The van der Waals surface area contributed by atoms with Gasteiger partial charge in [-0.3, -0.25) is 4.79 Å². The standard InChI is InChI=1S/C14H18Br2N2O/c15-6-9-17-7-3-8-18(11-10-17)14(19)12-4-1-2-5-13(12)16/h1-2,4-5H,3,6-11H2. The van der Waals surface area contributed by atoms with E-state index in [0.29, 0.717) is 0 Å². The van der Waals surface area contributed by atoms with Crippen molar-refractivity contribution in [2.45, 2.75) is 6.42 Å². The highest BCUT2D eigenvalue weighted by Crippen LogP contribution is 2.18. The third kappa shape index (κ3) is 4.04. The zero-order valence-electron chi connectivity index (χ0n) is 10.8. The normalized spacial score (nSPS) is 17.3. The molecule has 1 aromatic carbocycles. The first-order chi connectivity index (χ1) is 9.22. The number of alkyl halides is 1. The minimum Gasteiger partial charge on any atom is -0.337 e. The largest absolute Gasteiger partial charge is 0.337 e. The van der Waals surface area contributed by atoms with Gasteiger partial charge in [-0.1, -0.05) is 28.1 Å². The van der Waals surface area contributed by atoms with Crippen LogP contribution in [0.2, 0.25) is 0 Å². The molecule has 0 N–H and O–H groups in total. The van der Waals surface area contributed by atoms with Gasteiger partial charge in [0.15, 0.2) is 0 Å². The monoisotopic (exact) mass is 388 g/mol. The zero-order chi connectivity index (χ0) is 13.7. The second kappa shape index (κ2) is 7.41. The molecule has 1 fully saturated rings. The Balaban J connectivity index is 2.02. The molecule has 0 spiro atoms. The van der Waals surface area contributed by atoms with E-state index in [0.717, 1.165) is 54.5 Å². The first-order valence-corrected chi connectivity index (χ1v) is 8.46. The topological polar surface area (TPSA) is 23.6 Å². The Kier molecular flexibility index (Phi) is 5.85. The molecule has 19 heavy (non-hydrogen) atoms. The van der Waals surface area contributed by atoms with E-state index in [1.807, 2.05) is 29.2 Å². The summed E-state index contributed by atoms with van der Waals surface area (Å²) in [4.78, 5) is 16.9. The Labute approximate surface area is 131 Å². The summed E-state index contributed by atoms with van der Waals surface area (Å²) in [6, 6.07) is 7.64. The molecule has 0 radical (unpaired) electrons. The first kappa shape index (κ1) is 15.0. The number of amides is 1. The maximum Gasteiger partial charge on any atom is 0.255 e. The molecule has 0 saturated carbocycles. The van der Waals surface area contributed by atoms with Gasteiger partial charge in [0.05, 0.1) is 5.56 Å². The van der Waals surface area contributed by atoms with Crippen molar-refractivity contribution in [2.24, 2.45) is 0 Å². The molecule has 0 unspecified atom stereocenters. The van der Waals surface area contributed by atoms with Crippen LogP contribution in [0.1, 0.15) is 16.8 Å². The molecular weight excluding hydrogens is 372 g/mol. The summed E-state index contributed by atoms with van der Waals surface area (Å²) in [5.41, 5.74) is 0.761. The zero-order valence-corrected chi connectivity index (χ0v) is 14.0. The lowest BCUT2D eigenvalue weighted by molar-refractivity contribution is 0.0761. The number of halogens is 2. The van der Waals surface area contributed by atoms with Crippen molar-refractivity contribution in [3.8, 4) is 0 Å². The highest BCUT2D eigenvalue weighted by Gasteiger charge is 2.21. The predicted octanol–water partition coefficient (Wildman–Crippen LogP) is 2.99. The van der Waals surface area contributed by atoms with Crippen LogP contribution in [-0.2, 0) is 0 Å². The summed E-state index contributed by atoms with van der Waals surface area (Å²) in [6.07, 6.45) is 1.04. The molecule has 1 heterocycles. The summed E-state index contributed by atoms with van der Waals surface area (Å²) in [5.74, 6) is 0.133. The van der Waals surface area contributed by atoms with Gasteiger partial charge in [-0.25, -0.2) is 0 Å². The quantitative estimate of drug-likeness (QED) is 0.742. The average Bonchev–Trinajstić information content (AvgIpc) is 2.65. The molecule has 2 rings (SSSR count). The van der Waals surface area contributed by atoms with E-state index in [2.05, 4.69) is 36.8 Å². The molecule has 0 aromatic heterocycles. The molecule has 5 heteroatoms. The number of benzene rings is 1. The minimum absolute atomic E-state index is 0.133. The average molecular weight is 390 g/mol. The van der Waals surface area contributed by atoms with Gasteiger partial charge in [0.1, 0.15) is 0 Å². The Morgan fingerprint density at radius 2 is 1.95 bits per heavy atom. The highest BCUT2D eigenvalue weighted by molar-refractivity contribution is 9.10. The SMILES string of the molecule is O=C(c1ccccc1Br)N1CCCN(CCBr)CC1. The second-order valence-corrected chi connectivity index (χ2v) is 6.30. The fourth-order valence-corrected chi connectivity index (χ4v) is 3.28. The number of nitrogens with zero attached hydrogens (tertiary/aromatic N) is 2. The molecule has 0 aliphatic carbocycles. The molecule has 1 aliphatic rings. The second-order valence-electron chi connectivity index (χ2n) is 4.66. The number of carbonyl (C=O) groups excluding carboxylic acids is 1. The summed E-state index contributed by atoms with van der Waals surface area (Å²) in [5, 5.41) is 0.991. The van der Waals surface area contributed by atoms with E-state index in [1.165, 1.54) is 0 Å². The lowest BCUT2D eigenvalue weighted by atomic mass is 10.2. The fourth-order valence-electron chi connectivity index (χ4n) is 2.32. The molecule has 1 aromatic rings. The lowest BCUT2D eigenvalue weighted by Gasteiger charge is -2.22. The van der Waals surface area contributed by atoms with Crippen LogP contribution in [0.25, 0.3) is 0 Å². The van der Waals surface area contributed by atoms with Crippen molar-refractivity contribution in [1.82, 2.24) is 9.80 Å². The van der Waals surface area contributed by atoms with Gasteiger partial charge in [0.25, 0.3) is 5.91 Å². The number of rotatable bonds is 3. The molecule has 104 valence electrons. The fraction of sp³-hybridized carbons (Fsp3) is 0.500. The maximum absolute atomic E-state index is 12.5. The van der Waals surface area contributed by atoms with Crippen LogP contribution >= 0.6 is 31.9 Å². The lowest BCUT2D eigenvalue weighted by Crippen LogP contribution is -2.35. The van der Waals surface area contributed by atoms with Crippen LogP contribution < -0.4 is 0 Å². The minimum atomic E-state index is 0.133. The number of hydrogen-bond acceptors (Lipinski definition) is 2. The third-order valence-corrected chi connectivity index (χ3v) is 4.43. The molecule has 0 atom stereocenters. The van der Waals surface area contributed by atoms with Crippen molar-refractivity contribution in [2.75, 3.05) is 38.1 Å². The van der Waals surface area contributed by atoms with Crippen molar-refractivity contribution in [3.63, 3.8) is 0 Å². The molecular formula is C14H18Br2N2O. The maximum atomic E-state index is 12.5. The molecule has 3 nitrogen and oxygen atoms in total. The van der Waals surface area contributed by atoms with Crippen LogP contribution in [0.3, 0.4) is 0 Å². The van der Waals surface area contributed by atoms with Crippen LogP contribution in [0.15, 0.2) is 28.7 Å². The van der Waals surface area contributed by atoms with E-state index in [1.54, 1.807) is 0 Å². The van der Waals surface area contributed by atoms with Gasteiger partial charge in [-0.15, -0.1) is 0 Å². The Morgan fingerprint density at radius 3 is 2.68 bits per heavy atom. The molecule has 1 saturated heterocycles. The van der Waals surface area contributed by atoms with Gasteiger partial charge in [0, 0.05) is 36.0 Å². The summed E-state index contributed by atoms with van der Waals surface area (Å²) >= 11 is 6.93. The molecule has 0 bridgehead atoms. The smallest absolute Gasteiger partial charge is 0.255 e. The van der Waals surface area contributed by atoms with Gasteiger partial charge in [-0.2, -0.15) is 0 Å². The van der Waals surface area contributed by atoms with Gasteiger partial charge in [0.2, 0.25) is 0 Å². The number of carbonyl (C=O) groups is 1. The highest BCUT2D eigenvalue weighted by atomic mass is 79.9. The Bertz CT molecular complexity index is 439.